The molecule has 1 heterocycles. The van der Waals surface area contributed by atoms with E-state index >= 15 is 0 Å². The van der Waals surface area contributed by atoms with Gasteiger partial charge in [-0.3, -0.25) is 4.79 Å². The third-order valence-corrected chi connectivity index (χ3v) is 3.22. The fraction of sp³-hybridized carbons (Fsp3) is 0.333. The number of anilines is 2. The maximum atomic E-state index is 11.2. The van der Waals surface area contributed by atoms with Crippen molar-refractivity contribution < 1.29 is 14.7 Å². The molecule has 0 radical (unpaired) electrons. The Kier molecular flexibility index (Phi) is 3.46. The lowest BCUT2D eigenvalue weighted by molar-refractivity contribution is 0.100. The Morgan fingerprint density at radius 2 is 1.79 bits per heavy atom. The van der Waals surface area contributed by atoms with Crippen LogP contribution in [0.5, 0.6) is 0 Å². The Balaban J connectivity index is 2.14. The van der Waals surface area contributed by atoms with Gasteiger partial charge in [-0.2, -0.15) is 0 Å². The number of carbonyl (C=O) groups excluding carboxylic acids is 1. The zero-order chi connectivity index (χ0) is 14.0. The number of carbonyl (C=O) groups is 2. The van der Waals surface area contributed by atoms with Gasteiger partial charge < -0.3 is 26.4 Å². The van der Waals surface area contributed by atoms with Gasteiger partial charge in [0, 0.05) is 37.6 Å². The molecule has 0 aromatic heterocycles. The van der Waals surface area contributed by atoms with Crippen LogP contribution in [0.1, 0.15) is 10.4 Å². The third kappa shape index (κ3) is 2.70. The first-order chi connectivity index (χ1) is 8.99. The van der Waals surface area contributed by atoms with Gasteiger partial charge in [0.05, 0.1) is 5.56 Å². The van der Waals surface area contributed by atoms with Gasteiger partial charge in [0.15, 0.2) is 0 Å². The number of primary amides is 1. The minimum atomic E-state index is -0.908. The molecule has 1 aromatic carbocycles. The van der Waals surface area contributed by atoms with Crippen LogP contribution < -0.4 is 16.4 Å². The molecule has 5 N–H and O–H groups in total. The summed E-state index contributed by atoms with van der Waals surface area (Å²) in [5, 5.41) is 8.88. The number of benzene rings is 1. The molecule has 1 aliphatic rings. The number of carboxylic acid groups (broad SMARTS) is 1. The van der Waals surface area contributed by atoms with E-state index in [1.807, 2.05) is 4.90 Å². The molecule has 0 unspecified atom stereocenters. The number of amides is 2. The van der Waals surface area contributed by atoms with Gasteiger partial charge in [0.2, 0.25) is 0 Å². The van der Waals surface area contributed by atoms with E-state index in [1.54, 1.807) is 18.2 Å². The summed E-state index contributed by atoms with van der Waals surface area (Å²) in [7, 11) is 0. The molecule has 0 spiro atoms. The Morgan fingerprint density at radius 1 is 1.16 bits per heavy atom. The molecule has 1 saturated heterocycles. The Labute approximate surface area is 110 Å². The first kappa shape index (κ1) is 13.0. The lowest BCUT2D eigenvalue weighted by Gasteiger charge is -2.34. The topological polar surface area (TPSA) is 113 Å². The molecule has 1 aliphatic heterocycles. The van der Waals surface area contributed by atoms with Crippen LogP contribution in [-0.4, -0.2) is 48.2 Å². The van der Waals surface area contributed by atoms with Crippen LogP contribution in [0.25, 0.3) is 0 Å². The third-order valence-electron chi connectivity index (χ3n) is 3.22. The summed E-state index contributed by atoms with van der Waals surface area (Å²) in [6, 6.07) is 5.09. The van der Waals surface area contributed by atoms with Crippen molar-refractivity contribution in [1.29, 1.82) is 0 Å². The normalized spacial score (nSPS) is 15.4. The highest BCUT2D eigenvalue weighted by atomic mass is 16.4. The standard InChI is InChI=1S/C12H16N4O3/c13-10-2-1-8(7-9(10)11(14)17)15-3-5-16(6-4-15)12(18)19/h1-2,7H,3-6,13H2,(H2,14,17)(H,18,19). The largest absolute Gasteiger partial charge is 0.465 e. The number of nitrogen functional groups attached to an aromatic ring is 1. The van der Waals surface area contributed by atoms with E-state index in [2.05, 4.69) is 0 Å². The number of hydrogen-bond acceptors (Lipinski definition) is 4. The van der Waals surface area contributed by atoms with Crippen molar-refractivity contribution in [3.05, 3.63) is 23.8 Å². The Morgan fingerprint density at radius 3 is 2.32 bits per heavy atom. The Bertz CT molecular complexity index is 510. The molecule has 0 atom stereocenters. The molecular weight excluding hydrogens is 248 g/mol. The van der Waals surface area contributed by atoms with E-state index < -0.39 is 12.0 Å². The average molecular weight is 264 g/mol. The van der Waals surface area contributed by atoms with Crippen molar-refractivity contribution in [1.82, 2.24) is 4.90 Å². The molecule has 7 nitrogen and oxygen atoms in total. The van der Waals surface area contributed by atoms with Gasteiger partial charge in [-0.05, 0) is 18.2 Å². The molecule has 0 bridgehead atoms. The van der Waals surface area contributed by atoms with Crippen molar-refractivity contribution >= 4 is 23.4 Å². The van der Waals surface area contributed by atoms with Gasteiger partial charge in [0.25, 0.3) is 5.91 Å². The smallest absolute Gasteiger partial charge is 0.407 e. The predicted molar refractivity (Wildman–Crippen MR) is 71.2 cm³/mol. The minimum Gasteiger partial charge on any atom is -0.465 e. The summed E-state index contributed by atoms with van der Waals surface area (Å²) >= 11 is 0. The summed E-state index contributed by atoms with van der Waals surface area (Å²) in [5.41, 5.74) is 12.4. The van der Waals surface area contributed by atoms with Gasteiger partial charge in [-0.25, -0.2) is 4.79 Å². The van der Waals surface area contributed by atoms with Crippen LogP contribution in [-0.2, 0) is 0 Å². The second-order valence-electron chi connectivity index (χ2n) is 4.39. The number of piperazine rings is 1. The molecule has 1 aromatic rings. The molecule has 0 aliphatic carbocycles. The van der Waals surface area contributed by atoms with E-state index in [-0.39, 0.29) is 5.56 Å². The molecule has 19 heavy (non-hydrogen) atoms. The Hall–Kier alpha value is -2.44. The number of hydrogen-bond donors (Lipinski definition) is 3. The first-order valence-electron chi connectivity index (χ1n) is 5.91. The van der Waals surface area contributed by atoms with E-state index in [0.717, 1.165) is 5.69 Å². The molecule has 7 heteroatoms. The van der Waals surface area contributed by atoms with E-state index in [9.17, 15) is 9.59 Å². The number of rotatable bonds is 2. The number of nitrogens with two attached hydrogens (primary N) is 2. The number of nitrogens with zero attached hydrogens (tertiary/aromatic N) is 2. The van der Waals surface area contributed by atoms with E-state index in [1.165, 1.54) is 4.90 Å². The minimum absolute atomic E-state index is 0.290. The predicted octanol–water partition coefficient (Wildman–Crippen LogP) is 0.168. The van der Waals surface area contributed by atoms with Crippen molar-refractivity contribution in [3.63, 3.8) is 0 Å². The average Bonchev–Trinajstić information content (AvgIpc) is 2.39. The maximum Gasteiger partial charge on any atom is 0.407 e. The van der Waals surface area contributed by atoms with Gasteiger partial charge >= 0.3 is 6.09 Å². The SMILES string of the molecule is NC(=O)c1cc(N2CCN(C(=O)O)CC2)ccc1N. The van der Waals surface area contributed by atoms with Gasteiger partial charge in [-0.15, -0.1) is 0 Å². The van der Waals surface area contributed by atoms with Gasteiger partial charge in [-0.1, -0.05) is 0 Å². The zero-order valence-corrected chi connectivity index (χ0v) is 10.4. The summed E-state index contributed by atoms with van der Waals surface area (Å²) in [6.07, 6.45) is -0.908. The summed E-state index contributed by atoms with van der Waals surface area (Å²) in [5.74, 6) is -0.566. The molecule has 0 saturated carbocycles. The van der Waals surface area contributed by atoms with Crippen LogP contribution in [0.2, 0.25) is 0 Å². The van der Waals surface area contributed by atoms with Crippen LogP contribution >= 0.6 is 0 Å². The van der Waals surface area contributed by atoms with Gasteiger partial charge in [0.1, 0.15) is 0 Å². The highest BCUT2D eigenvalue weighted by molar-refractivity contribution is 5.99. The van der Waals surface area contributed by atoms with Crippen LogP contribution in [0.4, 0.5) is 16.2 Å². The van der Waals surface area contributed by atoms with Crippen molar-refractivity contribution in [2.45, 2.75) is 0 Å². The molecule has 2 rings (SSSR count). The molecule has 102 valence electrons. The fourth-order valence-corrected chi connectivity index (χ4v) is 2.11. The quantitative estimate of drug-likeness (QED) is 0.659. The molecular formula is C12H16N4O3. The second kappa shape index (κ2) is 5.05. The monoisotopic (exact) mass is 264 g/mol. The summed E-state index contributed by atoms with van der Waals surface area (Å²) in [4.78, 5) is 25.4. The first-order valence-corrected chi connectivity index (χ1v) is 5.91. The van der Waals surface area contributed by atoms with Crippen LogP contribution in [0.15, 0.2) is 18.2 Å². The van der Waals surface area contributed by atoms with Crippen molar-refractivity contribution in [2.24, 2.45) is 5.73 Å². The maximum absolute atomic E-state index is 11.2. The van der Waals surface area contributed by atoms with E-state index in [4.69, 9.17) is 16.6 Å². The lowest BCUT2D eigenvalue weighted by Crippen LogP contribution is -2.48. The molecule has 1 fully saturated rings. The van der Waals surface area contributed by atoms with Crippen molar-refractivity contribution in [2.75, 3.05) is 36.8 Å². The summed E-state index contributed by atoms with van der Waals surface area (Å²) < 4.78 is 0. The van der Waals surface area contributed by atoms with Crippen molar-refractivity contribution in [3.8, 4) is 0 Å². The second-order valence-corrected chi connectivity index (χ2v) is 4.39. The van der Waals surface area contributed by atoms with E-state index in [0.29, 0.717) is 31.9 Å². The highest BCUT2D eigenvalue weighted by Crippen LogP contribution is 2.22. The lowest BCUT2D eigenvalue weighted by atomic mass is 10.1. The van der Waals surface area contributed by atoms with Crippen LogP contribution in [0.3, 0.4) is 0 Å². The van der Waals surface area contributed by atoms with Crippen LogP contribution in [0, 0.1) is 0 Å². The molecule has 2 amide bonds. The fourth-order valence-electron chi connectivity index (χ4n) is 2.11. The summed E-state index contributed by atoms with van der Waals surface area (Å²) in [6.45, 7) is 2.03. The highest BCUT2D eigenvalue weighted by Gasteiger charge is 2.21. The zero-order valence-electron chi connectivity index (χ0n) is 10.4.